The maximum absolute atomic E-state index is 4.36. The highest BCUT2D eigenvalue weighted by Crippen LogP contribution is 2.09. The zero-order chi connectivity index (χ0) is 12.6. The van der Waals surface area contributed by atoms with Crippen molar-refractivity contribution in [3.05, 3.63) is 24.0 Å². The van der Waals surface area contributed by atoms with Gasteiger partial charge in [-0.3, -0.25) is 4.68 Å². The van der Waals surface area contributed by atoms with Gasteiger partial charge in [-0.15, -0.1) is 0 Å². The Balaban J connectivity index is 0.000000509. The van der Waals surface area contributed by atoms with Crippen LogP contribution >= 0.6 is 0 Å². The van der Waals surface area contributed by atoms with Crippen molar-refractivity contribution in [2.75, 3.05) is 0 Å². The minimum absolute atomic E-state index is 0.898. The van der Waals surface area contributed by atoms with E-state index < -0.39 is 0 Å². The van der Waals surface area contributed by atoms with Crippen LogP contribution in [0.3, 0.4) is 0 Å². The van der Waals surface area contributed by atoms with E-state index in [0.717, 1.165) is 23.3 Å². The van der Waals surface area contributed by atoms with Crippen molar-refractivity contribution in [3.8, 4) is 0 Å². The molecule has 2 heterocycles. The van der Waals surface area contributed by atoms with E-state index >= 15 is 0 Å². The minimum atomic E-state index is 0.898. The van der Waals surface area contributed by atoms with Gasteiger partial charge in [-0.2, -0.15) is 5.10 Å². The fraction of sp³-hybridized carbons (Fsp3) is 0.538. The molecule has 3 nitrogen and oxygen atoms in total. The topological polar surface area (TPSA) is 30.7 Å². The summed E-state index contributed by atoms with van der Waals surface area (Å²) in [6.07, 6.45) is 1.97. The Labute approximate surface area is 98.5 Å². The van der Waals surface area contributed by atoms with Crippen LogP contribution in [0.25, 0.3) is 11.0 Å². The first kappa shape index (κ1) is 14.6. The molecule has 0 bridgehead atoms. The molecule has 0 aliphatic heterocycles. The lowest BCUT2D eigenvalue weighted by atomic mass is 10.3. The molecule has 0 radical (unpaired) electrons. The number of fused-ring (bicyclic) bond motifs is 1. The number of aromatic nitrogens is 3. The first-order valence-corrected chi connectivity index (χ1v) is 6.10. The highest BCUT2D eigenvalue weighted by molar-refractivity contribution is 5.73. The molecule has 0 aliphatic rings. The molecule has 0 unspecified atom stereocenters. The van der Waals surface area contributed by atoms with Crippen molar-refractivity contribution in [2.45, 2.75) is 48.1 Å². The monoisotopic (exact) mass is 221 g/mol. The fourth-order valence-corrected chi connectivity index (χ4v) is 1.22. The maximum atomic E-state index is 4.36. The van der Waals surface area contributed by atoms with Gasteiger partial charge in [-0.1, -0.05) is 27.7 Å². The summed E-state index contributed by atoms with van der Waals surface area (Å²) in [4.78, 5) is 4.36. The van der Waals surface area contributed by atoms with Gasteiger partial charge < -0.3 is 0 Å². The molecule has 0 fully saturated rings. The average Bonchev–Trinajstić information content (AvgIpc) is 2.76. The summed E-state index contributed by atoms with van der Waals surface area (Å²) >= 11 is 0. The van der Waals surface area contributed by atoms with Crippen molar-refractivity contribution in [3.63, 3.8) is 0 Å². The third kappa shape index (κ3) is 3.65. The molecule has 0 amide bonds. The van der Waals surface area contributed by atoms with E-state index in [2.05, 4.69) is 17.0 Å². The van der Waals surface area contributed by atoms with E-state index in [1.165, 1.54) is 0 Å². The molecule has 2 aromatic heterocycles. The van der Waals surface area contributed by atoms with Crippen LogP contribution in [-0.4, -0.2) is 14.8 Å². The van der Waals surface area contributed by atoms with Crippen molar-refractivity contribution >= 4 is 11.0 Å². The van der Waals surface area contributed by atoms with Crippen LogP contribution in [0.5, 0.6) is 0 Å². The number of hydrogen-bond acceptors (Lipinski definition) is 2. The first-order valence-electron chi connectivity index (χ1n) is 6.10. The summed E-state index contributed by atoms with van der Waals surface area (Å²) < 4.78 is 1.90. The zero-order valence-electron chi connectivity index (χ0n) is 11.3. The van der Waals surface area contributed by atoms with Gasteiger partial charge in [0.15, 0.2) is 0 Å². The van der Waals surface area contributed by atoms with E-state index in [0.29, 0.717) is 0 Å². The van der Waals surface area contributed by atoms with Gasteiger partial charge in [0, 0.05) is 12.2 Å². The second-order valence-electron chi connectivity index (χ2n) is 2.84. The van der Waals surface area contributed by atoms with Gasteiger partial charge in [0.2, 0.25) is 0 Å². The highest BCUT2D eigenvalue weighted by atomic mass is 15.3. The summed E-state index contributed by atoms with van der Waals surface area (Å²) in [6.45, 7) is 13.0. The lowest BCUT2D eigenvalue weighted by Gasteiger charge is -1.88. The highest BCUT2D eigenvalue weighted by Gasteiger charge is 1.99. The van der Waals surface area contributed by atoms with Gasteiger partial charge in [0.1, 0.15) is 11.0 Å². The summed E-state index contributed by atoms with van der Waals surface area (Å²) in [7, 11) is 0. The van der Waals surface area contributed by atoms with Crippen molar-refractivity contribution < 1.29 is 0 Å². The van der Waals surface area contributed by atoms with Crippen LogP contribution in [-0.2, 0) is 6.54 Å². The summed E-state index contributed by atoms with van der Waals surface area (Å²) in [5.41, 5.74) is 3.00. The van der Waals surface area contributed by atoms with Crippen molar-refractivity contribution in [1.82, 2.24) is 14.8 Å². The summed E-state index contributed by atoms with van der Waals surface area (Å²) in [6, 6.07) is 3.99. The molecular formula is C13H23N3. The predicted octanol–water partition coefficient (Wildman–Crippen LogP) is 3.81. The number of aryl methyl sites for hydroxylation is 2. The Kier molecular flexibility index (Phi) is 7.18. The number of pyridine rings is 1. The molecule has 3 heteroatoms. The molecule has 0 saturated carbocycles. The quantitative estimate of drug-likeness (QED) is 0.733. The van der Waals surface area contributed by atoms with E-state index in [1.54, 1.807) is 0 Å². The molecular weight excluding hydrogens is 198 g/mol. The van der Waals surface area contributed by atoms with Gasteiger partial charge in [0.05, 0.1) is 6.20 Å². The van der Waals surface area contributed by atoms with Crippen LogP contribution in [0.15, 0.2) is 18.3 Å². The SMILES string of the molecule is CC.CC.CCn1cc2nc(C)ccc2n1. The Bertz CT molecular complexity index is 404. The molecule has 16 heavy (non-hydrogen) atoms. The smallest absolute Gasteiger partial charge is 0.111 e. The third-order valence-corrected chi connectivity index (χ3v) is 1.87. The second kappa shape index (κ2) is 7.85. The lowest BCUT2D eigenvalue weighted by Crippen LogP contribution is -1.92. The normalized spacial score (nSPS) is 8.88. The van der Waals surface area contributed by atoms with Gasteiger partial charge in [0.25, 0.3) is 0 Å². The molecule has 0 saturated heterocycles. The van der Waals surface area contributed by atoms with Crippen LogP contribution in [0.2, 0.25) is 0 Å². The van der Waals surface area contributed by atoms with Crippen LogP contribution < -0.4 is 0 Å². The molecule has 0 spiro atoms. The van der Waals surface area contributed by atoms with Gasteiger partial charge in [-0.25, -0.2) is 4.98 Å². The van der Waals surface area contributed by atoms with Crippen molar-refractivity contribution in [1.29, 1.82) is 0 Å². The van der Waals surface area contributed by atoms with Crippen LogP contribution in [0, 0.1) is 6.92 Å². The Hall–Kier alpha value is -1.38. The van der Waals surface area contributed by atoms with Gasteiger partial charge >= 0.3 is 0 Å². The van der Waals surface area contributed by atoms with Crippen LogP contribution in [0.1, 0.15) is 40.3 Å². The minimum Gasteiger partial charge on any atom is -0.270 e. The molecule has 2 rings (SSSR count). The lowest BCUT2D eigenvalue weighted by molar-refractivity contribution is 0.668. The first-order chi connectivity index (χ1) is 7.79. The fourth-order valence-electron chi connectivity index (χ4n) is 1.22. The standard InChI is InChI=1S/C9H11N3.2C2H6/c1-3-12-6-9-8(11-12)5-4-7(2)10-9;2*1-2/h4-6H,3H2,1-2H3;2*1-2H3. The Morgan fingerprint density at radius 2 is 1.69 bits per heavy atom. The number of nitrogens with zero attached hydrogens (tertiary/aromatic N) is 3. The predicted molar refractivity (Wildman–Crippen MR) is 70.6 cm³/mol. The molecule has 0 aromatic carbocycles. The summed E-state index contributed by atoms with van der Waals surface area (Å²) in [5.74, 6) is 0. The number of rotatable bonds is 1. The van der Waals surface area contributed by atoms with Crippen molar-refractivity contribution in [2.24, 2.45) is 0 Å². The Morgan fingerprint density at radius 1 is 1.06 bits per heavy atom. The largest absolute Gasteiger partial charge is 0.270 e. The molecule has 0 aliphatic carbocycles. The molecule has 90 valence electrons. The zero-order valence-corrected chi connectivity index (χ0v) is 11.3. The molecule has 2 aromatic rings. The van der Waals surface area contributed by atoms with E-state index in [9.17, 15) is 0 Å². The molecule has 0 atom stereocenters. The van der Waals surface area contributed by atoms with E-state index in [-0.39, 0.29) is 0 Å². The maximum Gasteiger partial charge on any atom is 0.111 e. The van der Waals surface area contributed by atoms with Crippen LogP contribution in [0.4, 0.5) is 0 Å². The third-order valence-electron chi connectivity index (χ3n) is 1.87. The van der Waals surface area contributed by atoms with E-state index in [4.69, 9.17) is 0 Å². The van der Waals surface area contributed by atoms with E-state index in [1.807, 2.05) is 57.6 Å². The summed E-state index contributed by atoms with van der Waals surface area (Å²) in [5, 5.41) is 4.33. The second-order valence-corrected chi connectivity index (χ2v) is 2.84. The van der Waals surface area contributed by atoms with Gasteiger partial charge in [-0.05, 0) is 26.0 Å². The Morgan fingerprint density at radius 3 is 2.25 bits per heavy atom. The average molecular weight is 221 g/mol. The molecule has 0 N–H and O–H groups in total. The number of hydrogen-bond donors (Lipinski definition) is 0.